The van der Waals surface area contributed by atoms with Gasteiger partial charge in [0.25, 0.3) is 5.91 Å². The Morgan fingerprint density at radius 3 is 2.05 bits per heavy atom. The van der Waals surface area contributed by atoms with E-state index in [-0.39, 0.29) is 11.8 Å². The first-order valence-electron chi connectivity index (χ1n) is 6.92. The smallest absolute Gasteiger partial charge is 0.255 e. The number of carbonyl (C=O) groups is 2. The van der Waals surface area contributed by atoms with Crippen LogP contribution in [0.15, 0.2) is 48.5 Å². The fraction of sp³-hybridized carbons (Fsp3) is 0.176. The van der Waals surface area contributed by atoms with E-state index in [1.54, 1.807) is 36.4 Å². The van der Waals surface area contributed by atoms with Gasteiger partial charge in [-0.3, -0.25) is 9.59 Å². The Morgan fingerprint density at radius 1 is 0.909 bits per heavy atom. The molecule has 2 amide bonds. The number of amides is 2. The van der Waals surface area contributed by atoms with Crippen molar-refractivity contribution in [3.05, 3.63) is 54.1 Å². The second-order valence-corrected chi connectivity index (χ2v) is 5.16. The molecule has 114 valence electrons. The third-order valence-electron chi connectivity index (χ3n) is 3.09. The monoisotopic (exact) mass is 297 g/mol. The van der Waals surface area contributed by atoms with Crippen molar-refractivity contribution in [2.75, 3.05) is 29.6 Å². The Balaban J connectivity index is 2.09. The van der Waals surface area contributed by atoms with Gasteiger partial charge in [-0.05, 0) is 42.5 Å². The van der Waals surface area contributed by atoms with Crippen molar-refractivity contribution in [3.63, 3.8) is 0 Å². The lowest BCUT2D eigenvalue weighted by Crippen LogP contribution is -2.13. The molecule has 0 saturated heterocycles. The molecule has 0 heterocycles. The molecule has 5 heteroatoms. The van der Waals surface area contributed by atoms with Crippen molar-refractivity contribution in [1.29, 1.82) is 0 Å². The predicted molar refractivity (Wildman–Crippen MR) is 89.5 cm³/mol. The van der Waals surface area contributed by atoms with Crippen LogP contribution in [0.2, 0.25) is 0 Å². The fourth-order valence-corrected chi connectivity index (χ4v) is 1.99. The Bertz CT molecular complexity index is 679. The van der Waals surface area contributed by atoms with Crippen molar-refractivity contribution in [2.24, 2.45) is 0 Å². The highest BCUT2D eigenvalue weighted by Crippen LogP contribution is 2.17. The lowest BCUT2D eigenvalue weighted by atomic mass is 10.2. The summed E-state index contributed by atoms with van der Waals surface area (Å²) in [5, 5.41) is 5.50. The van der Waals surface area contributed by atoms with Crippen molar-refractivity contribution in [3.8, 4) is 0 Å². The number of carbonyl (C=O) groups excluding carboxylic acids is 2. The van der Waals surface area contributed by atoms with Crippen LogP contribution in [0, 0.1) is 0 Å². The number of nitrogens with zero attached hydrogens (tertiary/aromatic N) is 1. The predicted octanol–water partition coefficient (Wildman–Crippen LogP) is 2.96. The van der Waals surface area contributed by atoms with Gasteiger partial charge in [-0.25, -0.2) is 0 Å². The van der Waals surface area contributed by atoms with E-state index in [2.05, 4.69) is 10.6 Å². The standard InChI is InChI=1S/C17H19N3O2/c1-12(21)18-14-5-4-6-15(11-14)19-17(22)13-7-9-16(10-8-13)20(2)3/h4-11H,1-3H3,(H,18,21)(H,19,22). The number of benzene rings is 2. The number of hydrogen-bond donors (Lipinski definition) is 2. The first-order chi connectivity index (χ1) is 10.5. The molecule has 22 heavy (non-hydrogen) atoms. The van der Waals surface area contributed by atoms with Gasteiger partial charge >= 0.3 is 0 Å². The molecule has 0 aliphatic carbocycles. The third kappa shape index (κ3) is 4.09. The third-order valence-corrected chi connectivity index (χ3v) is 3.09. The van der Waals surface area contributed by atoms with E-state index >= 15 is 0 Å². The first kappa shape index (κ1) is 15.6. The van der Waals surface area contributed by atoms with Crippen LogP contribution >= 0.6 is 0 Å². The van der Waals surface area contributed by atoms with E-state index < -0.39 is 0 Å². The van der Waals surface area contributed by atoms with Gasteiger partial charge in [-0.15, -0.1) is 0 Å². The zero-order valence-electron chi connectivity index (χ0n) is 12.9. The average Bonchev–Trinajstić information content (AvgIpc) is 2.47. The molecule has 0 radical (unpaired) electrons. The van der Waals surface area contributed by atoms with Crippen LogP contribution in [0.4, 0.5) is 17.1 Å². The van der Waals surface area contributed by atoms with Crippen molar-refractivity contribution in [2.45, 2.75) is 6.92 Å². The summed E-state index contributed by atoms with van der Waals surface area (Å²) >= 11 is 0. The molecule has 0 fully saturated rings. The summed E-state index contributed by atoms with van der Waals surface area (Å²) < 4.78 is 0. The van der Waals surface area contributed by atoms with Crippen LogP contribution in [-0.4, -0.2) is 25.9 Å². The molecule has 0 atom stereocenters. The normalized spacial score (nSPS) is 9.95. The summed E-state index contributed by atoms with van der Waals surface area (Å²) in [5.41, 5.74) is 2.89. The summed E-state index contributed by atoms with van der Waals surface area (Å²) in [7, 11) is 3.89. The Labute approximate surface area is 129 Å². The van der Waals surface area contributed by atoms with Crippen LogP contribution < -0.4 is 15.5 Å². The van der Waals surface area contributed by atoms with Gasteiger partial charge in [-0.1, -0.05) is 6.07 Å². The highest BCUT2D eigenvalue weighted by Gasteiger charge is 2.07. The summed E-state index contributed by atoms with van der Waals surface area (Å²) in [6.07, 6.45) is 0. The van der Waals surface area contributed by atoms with E-state index in [1.807, 2.05) is 31.1 Å². The molecule has 2 rings (SSSR count). The molecule has 0 unspecified atom stereocenters. The zero-order valence-corrected chi connectivity index (χ0v) is 12.9. The molecule has 0 aliphatic heterocycles. The first-order valence-corrected chi connectivity index (χ1v) is 6.92. The molecule has 2 aromatic carbocycles. The summed E-state index contributed by atoms with van der Waals surface area (Å²) in [4.78, 5) is 25.2. The largest absolute Gasteiger partial charge is 0.378 e. The molecular weight excluding hydrogens is 278 g/mol. The second-order valence-electron chi connectivity index (χ2n) is 5.16. The highest BCUT2D eigenvalue weighted by molar-refractivity contribution is 6.04. The minimum Gasteiger partial charge on any atom is -0.378 e. The highest BCUT2D eigenvalue weighted by atomic mass is 16.2. The number of hydrogen-bond acceptors (Lipinski definition) is 3. The molecule has 2 aromatic rings. The topological polar surface area (TPSA) is 61.4 Å². The van der Waals surface area contributed by atoms with Gasteiger partial charge in [-0.2, -0.15) is 0 Å². The van der Waals surface area contributed by atoms with Crippen molar-refractivity contribution >= 4 is 28.9 Å². The van der Waals surface area contributed by atoms with Crippen LogP contribution in [0.1, 0.15) is 17.3 Å². The summed E-state index contributed by atoms with van der Waals surface area (Å²) in [6.45, 7) is 1.44. The Hall–Kier alpha value is -2.82. The van der Waals surface area contributed by atoms with E-state index in [9.17, 15) is 9.59 Å². The molecule has 0 aliphatic rings. The molecule has 2 N–H and O–H groups in total. The fourth-order valence-electron chi connectivity index (χ4n) is 1.99. The van der Waals surface area contributed by atoms with Gasteiger partial charge < -0.3 is 15.5 Å². The molecule has 5 nitrogen and oxygen atoms in total. The van der Waals surface area contributed by atoms with Gasteiger partial charge in [0, 0.05) is 43.6 Å². The maximum absolute atomic E-state index is 12.2. The number of anilines is 3. The lowest BCUT2D eigenvalue weighted by Gasteiger charge is -2.13. The SMILES string of the molecule is CC(=O)Nc1cccc(NC(=O)c2ccc(N(C)C)cc2)c1. The van der Waals surface area contributed by atoms with Crippen LogP contribution in [-0.2, 0) is 4.79 Å². The summed E-state index contributed by atoms with van der Waals surface area (Å²) in [6, 6.07) is 14.4. The molecule has 0 spiro atoms. The van der Waals surface area contributed by atoms with Crippen molar-refractivity contribution < 1.29 is 9.59 Å². The van der Waals surface area contributed by atoms with E-state index in [4.69, 9.17) is 0 Å². The van der Waals surface area contributed by atoms with Gasteiger partial charge in [0.05, 0.1) is 0 Å². The van der Waals surface area contributed by atoms with Crippen LogP contribution in [0.5, 0.6) is 0 Å². The summed E-state index contributed by atoms with van der Waals surface area (Å²) in [5.74, 6) is -0.340. The molecule has 0 bridgehead atoms. The minimum absolute atomic E-state index is 0.150. The molecule has 0 saturated carbocycles. The maximum Gasteiger partial charge on any atom is 0.255 e. The van der Waals surface area contributed by atoms with Crippen LogP contribution in [0.25, 0.3) is 0 Å². The molecule has 0 aromatic heterocycles. The van der Waals surface area contributed by atoms with E-state index in [0.717, 1.165) is 5.69 Å². The van der Waals surface area contributed by atoms with Crippen molar-refractivity contribution in [1.82, 2.24) is 0 Å². The maximum atomic E-state index is 12.2. The number of nitrogens with one attached hydrogen (secondary N) is 2. The van der Waals surface area contributed by atoms with E-state index in [0.29, 0.717) is 16.9 Å². The quantitative estimate of drug-likeness (QED) is 0.912. The second kappa shape index (κ2) is 6.76. The average molecular weight is 297 g/mol. The van der Waals surface area contributed by atoms with Gasteiger partial charge in [0.1, 0.15) is 0 Å². The lowest BCUT2D eigenvalue weighted by molar-refractivity contribution is -0.114. The van der Waals surface area contributed by atoms with Crippen LogP contribution in [0.3, 0.4) is 0 Å². The molecular formula is C17H19N3O2. The Morgan fingerprint density at radius 2 is 1.50 bits per heavy atom. The number of rotatable bonds is 4. The van der Waals surface area contributed by atoms with Gasteiger partial charge in [0.2, 0.25) is 5.91 Å². The van der Waals surface area contributed by atoms with E-state index in [1.165, 1.54) is 6.92 Å². The minimum atomic E-state index is -0.190. The van der Waals surface area contributed by atoms with Gasteiger partial charge in [0.15, 0.2) is 0 Å². The Kier molecular flexibility index (Phi) is 4.78. The zero-order chi connectivity index (χ0) is 16.1.